The fourth-order valence-electron chi connectivity index (χ4n) is 4.29. The Bertz CT molecular complexity index is 1470. The molecular weight excluding hydrogens is 501 g/mol. The predicted octanol–water partition coefficient (Wildman–Crippen LogP) is 4.56. The molecule has 1 aliphatic heterocycles. The summed E-state index contributed by atoms with van der Waals surface area (Å²) < 4.78 is 44.2. The zero-order chi connectivity index (χ0) is 26.7. The highest BCUT2D eigenvalue weighted by Gasteiger charge is 2.31. The van der Waals surface area contributed by atoms with Crippen LogP contribution >= 0.6 is 0 Å². The van der Waals surface area contributed by atoms with E-state index in [0.29, 0.717) is 42.9 Å². The Labute approximate surface area is 215 Å². The van der Waals surface area contributed by atoms with Gasteiger partial charge in [0.05, 0.1) is 24.3 Å². The first-order valence-corrected chi connectivity index (χ1v) is 11.8. The molecule has 38 heavy (non-hydrogen) atoms. The van der Waals surface area contributed by atoms with Gasteiger partial charge in [0.2, 0.25) is 5.91 Å². The number of aromatic nitrogens is 4. The molecule has 0 aliphatic carbocycles. The second-order valence-corrected chi connectivity index (χ2v) is 8.79. The summed E-state index contributed by atoms with van der Waals surface area (Å²) in [4.78, 5) is 31.2. The maximum Gasteiger partial charge on any atom is 0.573 e. The van der Waals surface area contributed by atoms with Gasteiger partial charge in [0, 0.05) is 37.1 Å². The van der Waals surface area contributed by atoms with Crippen molar-refractivity contribution in [2.24, 2.45) is 0 Å². The van der Waals surface area contributed by atoms with E-state index in [1.54, 1.807) is 34.4 Å². The number of carbonyl (C=O) groups is 2. The number of hydrogen-bond donors (Lipinski definition) is 1. The van der Waals surface area contributed by atoms with E-state index in [1.165, 1.54) is 36.4 Å². The van der Waals surface area contributed by atoms with Gasteiger partial charge in [-0.05, 0) is 54.8 Å². The van der Waals surface area contributed by atoms with Gasteiger partial charge in [0.1, 0.15) is 11.4 Å². The van der Waals surface area contributed by atoms with Crippen molar-refractivity contribution in [3.05, 3.63) is 84.7 Å². The summed E-state index contributed by atoms with van der Waals surface area (Å²) in [6.45, 7) is 1.13. The number of carbonyl (C=O) groups excluding carboxylic acids is 2. The molecule has 5 rings (SSSR count). The fourth-order valence-corrected chi connectivity index (χ4v) is 4.29. The summed E-state index contributed by atoms with van der Waals surface area (Å²) in [6.07, 6.45) is 6.21. The van der Waals surface area contributed by atoms with E-state index < -0.39 is 12.3 Å². The van der Waals surface area contributed by atoms with Crippen LogP contribution in [0, 0.1) is 0 Å². The lowest BCUT2D eigenvalue weighted by molar-refractivity contribution is -0.274. The number of hydrogen-bond acceptors (Lipinski definition) is 5. The van der Waals surface area contributed by atoms with Gasteiger partial charge in [-0.15, -0.1) is 13.2 Å². The van der Waals surface area contributed by atoms with Crippen molar-refractivity contribution in [3.8, 4) is 5.75 Å². The van der Waals surface area contributed by atoms with Gasteiger partial charge in [0.15, 0.2) is 0 Å². The Morgan fingerprint density at radius 3 is 2.61 bits per heavy atom. The summed E-state index contributed by atoms with van der Waals surface area (Å²) in [5.41, 5.74) is 2.37. The van der Waals surface area contributed by atoms with Crippen LogP contribution in [0.3, 0.4) is 0 Å². The van der Waals surface area contributed by atoms with E-state index in [1.807, 2.05) is 22.7 Å². The van der Waals surface area contributed by atoms with Crippen molar-refractivity contribution in [1.82, 2.24) is 24.1 Å². The van der Waals surface area contributed by atoms with Crippen LogP contribution in [-0.2, 0) is 4.79 Å². The number of nitrogens with one attached hydrogen (secondary N) is 1. The van der Waals surface area contributed by atoms with E-state index in [0.717, 1.165) is 5.52 Å². The minimum Gasteiger partial charge on any atom is -0.406 e. The number of alkyl halides is 3. The van der Waals surface area contributed by atoms with Crippen LogP contribution in [0.15, 0.2) is 73.5 Å². The first-order valence-electron chi connectivity index (χ1n) is 11.8. The van der Waals surface area contributed by atoms with Crippen molar-refractivity contribution in [2.75, 3.05) is 18.4 Å². The molecule has 9 nitrogen and oxygen atoms in total. The van der Waals surface area contributed by atoms with E-state index in [4.69, 9.17) is 0 Å². The smallest absolute Gasteiger partial charge is 0.406 e. The topological polar surface area (TPSA) is 93.8 Å². The summed E-state index contributed by atoms with van der Waals surface area (Å²) >= 11 is 0. The molecule has 12 heteroatoms. The predicted molar refractivity (Wildman–Crippen MR) is 132 cm³/mol. The second-order valence-electron chi connectivity index (χ2n) is 8.79. The van der Waals surface area contributed by atoms with Crippen LogP contribution in [0.25, 0.3) is 11.6 Å². The minimum absolute atomic E-state index is 0.0822. The summed E-state index contributed by atoms with van der Waals surface area (Å²) in [7, 11) is 0. The van der Waals surface area contributed by atoms with Gasteiger partial charge < -0.3 is 19.4 Å². The third-order valence-electron chi connectivity index (χ3n) is 6.17. The van der Waals surface area contributed by atoms with Crippen LogP contribution in [0.4, 0.5) is 18.9 Å². The lowest BCUT2D eigenvalue weighted by Gasteiger charge is -2.31. The molecule has 0 atom stereocenters. The number of amides is 2. The molecule has 0 unspecified atom stereocenters. The van der Waals surface area contributed by atoms with Crippen LogP contribution in [-0.4, -0.2) is 55.3 Å². The van der Waals surface area contributed by atoms with Crippen LogP contribution in [0.1, 0.15) is 34.9 Å². The molecule has 0 bridgehead atoms. The molecule has 4 heterocycles. The Hall–Kier alpha value is -4.61. The van der Waals surface area contributed by atoms with Crippen molar-refractivity contribution < 1.29 is 27.5 Å². The van der Waals surface area contributed by atoms with Crippen LogP contribution in [0.5, 0.6) is 5.75 Å². The van der Waals surface area contributed by atoms with E-state index in [2.05, 4.69) is 20.1 Å². The largest absolute Gasteiger partial charge is 0.573 e. The minimum atomic E-state index is -4.76. The highest BCUT2D eigenvalue weighted by molar-refractivity contribution is 6.01. The summed E-state index contributed by atoms with van der Waals surface area (Å²) in [5, 5.41) is 7.08. The van der Waals surface area contributed by atoms with Crippen LogP contribution < -0.4 is 10.1 Å². The van der Waals surface area contributed by atoms with E-state index >= 15 is 0 Å². The normalized spacial score (nSPS) is 14.8. The number of fused-ring (bicyclic) bond motifs is 1. The number of anilines is 1. The SMILES string of the molecule is O=C(/C=C/c1ccc(OC(F)(F)F)cc1)Nc1cnn(C2CCN(C(=O)c3cc4cccn4cn3)CC2)c1. The van der Waals surface area contributed by atoms with Gasteiger partial charge in [-0.3, -0.25) is 14.3 Å². The molecule has 1 fully saturated rings. The summed E-state index contributed by atoms with van der Waals surface area (Å²) in [6, 6.07) is 10.8. The number of rotatable bonds is 6. The molecule has 1 aliphatic rings. The van der Waals surface area contributed by atoms with Gasteiger partial charge >= 0.3 is 6.36 Å². The Morgan fingerprint density at radius 2 is 1.87 bits per heavy atom. The molecule has 0 saturated carbocycles. The highest BCUT2D eigenvalue weighted by Crippen LogP contribution is 2.25. The average Bonchev–Trinajstić information content (AvgIpc) is 3.56. The number of ether oxygens (including phenoxy) is 1. The van der Waals surface area contributed by atoms with Gasteiger partial charge in [0.25, 0.3) is 5.91 Å². The number of piperidine rings is 1. The molecule has 0 spiro atoms. The highest BCUT2D eigenvalue weighted by atomic mass is 19.4. The van der Waals surface area contributed by atoms with Gasteiger partial charge in [-0.25, -0.2) is 4.98 Å². The standard InChI is InChI=1S/C26H23F3N6O3/c27-26(28,29)38-22-6-3-18(4-7-22)5-8-24(36)32-19-15-31-35(16-19)20-9-12-33(13-10-20)25(37)23-14-21-2-1-11-34(21)17-30-23/h1-8,11,14-17,20H,9-10,12-13H2,(H,32,36)/b8-5+. The molecule has 0 radical (unpaired) electrons. The third-order valence-corrected chi connectivity index (χ3v) is 6.17. The van der Waals surface area contributed by atoms with Crippen molar-refractivity contribution in [2.45, 2.75) is 25.2 Å². The molecule has 2 amide bonds. The number of nitrogens with zero attached hydrogens (tertiary/aromatic N) is 5. The number of benzene rings is 1. The Kier molecular flexibility index (Phi) is 6.86. The molecular formula is C26H23F3N6O3. The maximum atomic E-state index is 12.9. The molecule has 4 aromatic rings. The first-order chi connectivity index (χ1) is 18.2. The van der Waals surface area contributed by atoms with Crippen molar-refractivity contribution in [1.29, 1.82) is 0 Å². The van der Waals surface area contributed by atoms with E-state index in [-0.39, 0.29) is 17.7 Å². The third kappa shape index (κ3) is 6.02. The number of likely N-dealkylation sites (tertiary alicyclic amines) is 1. The molecule has 1 aromatic carbocycles. The Balaban J connectivity index is 1.12. The van der Waals surface area contributed by atoms with Crippen LogP contribution in [0.2, 0.25) is 0 Å². The first kappa shape index (κ1) is 25.1. The van der Waals surface area contributed by atoms with E-state index in [9.17, 15) is 22.8 Å². The monoisotopic (exact) mass is 524 g/mol. The van der Waals surface area contributed by atoms with Gasteiger partial charge in [-0.2, -0.15) is 5.10 Å². The molecule has 1 saturated heterocycles. The molecule has 3 aromatic heterocycles. The number of halogens is 3. The van der Waals surface area contributed by atoms with Crippen molar-refractivity contribution in [3.63, 3.8) is 0 Å². The zero-order valence-corrected chi connectivity index (χ0v) is 20.0. The fraction of sp³-hybridized carbons (Fsp3) is 0.231. The summed E-state index contributed by atoms with van der Waals surface area (Å²) in [5.74, 6) is -0.847. The average molecular weight is 525 g/mol. The Morgan fingerprint density at radius 1 is 1.11 bits per heavy atom. The zero-order valence-electron chi connectivity index (χ0n) is 20.0. The van der Waals surface area contributed by atoms with Gasteiger partial charge in [-0.1, -0.05) is 12.1 Å². The quantitative estimate of drug-likeness (QED) is 0.374. The molecule has 1 N–H and O–H groups in total. The molecule has 196 valence electrons. The lowest BCUT2D eigenvalue weighted by atomic mass is 10.0. The second kappa shape index (κ2) is 10.4. The maximum absolute atomic E-state index is 12.9. The lowest BCUT2D eigenvalue weighted by Crippen LogP contribution is -2.39. The van der Waals surface area contributed by atoms with Crippen molar-refractivity contribution >= 4 is 29.1 Å².